The van der Waals surface area contributed by atoms with Gasteiger partial charge in [-0.15, -0.1) is 0 Å². The number of fused-ring (bicyclic) bond motifs is 1. The van der Waals surface area contributed by atoms with E-state index in [9.17, 15) is 0 Å². The van der Waals surface area contributed by atoms with Gasteiger partial charge in [0.15, 0.2) is 0 Å². The van der Waals surface area contributed by atoms with Crippen molar-refractivity contribution in [1.29, 1.82) is 0 Å². The lowest BCUT2D eigenvalue weighted by molar-refractivity contribution is 0.506. The quantitative estimate of drug-likeness (QED) is 0.653. The molecule has 17 heavy (non-hydrogen) atoms. The van der Waals surface area contributed by atoms with Gasteiger partial charge in [-0.25, -0.2) is 0 Å². The second-order valence-corrected chi connectivity index (χ2v) is 5.57. The zero-order valence-corrected chi connectivity index (χ0v) is 10.7. The highest BCUT2D eigenvalue weighted by Crippen LogP contribution is 2.32. The SMILES string of the molecule is c1ccc2c(c1)CCCN2C1CCCCCC1. The van der Waals surface area contributed by atoms with Crippen molar-refractivity contribution < 1.29 is 0 Å². The highest BCUT2D eigenvalue weighted by molar-refractivity contribution is 5.56. The van der Waals surface area contributed by atoms with Gasteiger partial charge in [0.1, 0.15) is 0 Å². The van der Waals surface area contributed by atoms with E-state index in [1.165, 1.54) is 63.6 Å². The molecule has 1 fully saturated rings. The Morgan fingerprint density at radius 2 is 1.65 bits per heavy atom. The lowest BCUT2D eigenvalue weighted by atomic mass is 9.97. The second kappa shape index (κ2) is 5.12. The van der Waals surface area contributed by atoms with Crippen molar-refractivity contribution in [3.8, 4) is 0 Å². The number of benzene rings is 1. The normalized spacial score (nSPS) is 22.0. The monoisotopic (exact) mass is 229 g/mol. The summed E-state index contributed by atoms with van der Waals surface area (Å²) < 4.78 is 0. The average Bonchev–Trinajstić information content (AvgIpc) is 2.67. The molecule has 3 rings (SSSR count). The molecule has 0 spiro atoms. The molecule has 1 aliphatic carbocycles. The van der Waals surface area contributed by atoms with Gasteiger partial charge in [-0.1, -0.05) is 43.9 Å². The predicted molar refractivity (Wildman–Crippen MR) is 73.6 cm³/mol. The molecule has 0 unspecified atom stereocenters. The van der Waals surface area contributed by atoms with E-state index in [4.69, 9.17) is 0 Å². The van der Waals surface area contributed by atoms with Crippen molar-refractivity contribution in [2.45, 2.75) is 57.4 Å². The molecule has 0 bridgehead atoms. The van der Waals surface area contributed by atoms with Crippen LogP contribution in [0.4, 0.5) is 5.69 Å². The van der Waals surface area contributed by atoms with Crippen molar-refractivity contribution in [2.24, 2.45) is 0 Å². The molecule has 0 radical (unpaired) electrons. The van der Waals surface area contributed by atoms with Gasteiger partial charge in [0.05, 0.1) is 0 Å². The van der Waals surface area contributed by atoms with Gasteiger partial charge in [0.25, 0.3) is 0 Å². The van der Waals surface area contributed by atoms with Crippen LogP contribution < -0.4 is 4.90 Å². The van der Waals surface area contributed by atoms with Crippen LogP contribution in [-0.4, -0.2) is 12.6 Å². The summed E-state index contributed by atoms with van der Waals surface area (Å²) in [5.41, 5.74) is 3.11. The molecule has 0 saturated heterocycles. The minimum Gasteiger partial charge on any atom is -0.368 e. The fraction of sp³-hybridized carbons (Fsp3) is 0.625. The Morgan fingerprint density at radius 3 is 2.47 bits per heavy atom. The number of rotatable bonds is 1. The smallest absolute Gasteiger partial charge is 0.0401 e. The Morgan fingerprint density at radius 1 is 0.882 bits per heavy atom. The third kappa shape index (κ3) is 2.34. The van der Waals surface area contributed by atoms with Gasteiger partial charge in [0.2, 0.25) is 0 Å². The van der Waals surface area contributed by atoms with Gasteiger partial charge in [-0.2, -0.15) is 0 Å². The summed E-state index contributed by atoms with van der Waals surface area (Å²) in [6.45, 7) is 1.28. The van der Waals surface area contributed by atoms with E-state index >= 15 is 0 Å². The van der Waals surface area contributed by atoms with E-state index in [0.29, 0.717) is 0 Å². The summed E-state index contributed by atoms with van der Waals surface area (Å²) in [6, 6.07) is 9.86. The number of hydrogen-bond acceptors (Lipinski definition) is 1. The third-order valence-electron chi connectivity index (χ3n) is 4.41. The minimum absolute atomic E-state index is 0.818. The predicted octanol–water partition coefficient (Wildman–Crippen LogP) is 4.16. The molecule has 1 aromatic carbocycles. The van der Waals surface area contributed by atoms with Gasteiger partial charge in [-0.3, -0.25) is 0 Å². The number of anilines is 1. The molecule has 2 aliphatic rings. The number of para-hydroxylation sites is 1. The Labute approximate surface area is 105 Å². The van der Waals surface area contributed by atoms with E-state index in [-0.39, 0.29) is 0 Å². The van der Waals surface area contributed by atoms with Crippen molar-refractivity contribution in [2.75, 3.05) is 11.4 Å². The highest BCUT2D eigenvalue weighted by atomic mass is 15.2. The molecule has 0 amide bonds. The van der Waals surface area contributed by atoms with Crippen LogP contribution in [-0.2, 0) is 6.42 Å². The topological polar surface area (TPSA) is 3.24 Å². The highest BCUT2D eigenvalue weighted by Gasteiger charge is 2.24. The van der Waals surface area contributed by atoms with Gasteiger partial charge >= 0.3 is 0 Å². The molecule has 0 atom stereocenters. The molecule has 1 heterocycles. The average molecular weight is 229 g/mol. The summed E-state index contributed by atoms with van der Waals surface area (Å²) in [4.78, 5) is 2.71. The maximum absolute atomic E-state index is 2.71. The first-order valence-corrected chi connectivity index (χ1v) is 7.30. The largest absolute Gasteiger partial charge is 0.368 e. The third-order valence-corrected chi connectivity index (χ3v) is 4.41. The first kappa shape index (κ1) is 11.1. The number of aryl methyl sites for hydroxylation is 1. The van der Waals surface area contributed by atoms with Crippen LogP contribution in [0.25, 0.3) is 0 Å². The maximum atomic E-state index is 2.71. The van der Waals surface area contributed by atoms with Crippen LogP contribution in [0.3, 0.4) is 0 Å². The van der Waals surface area contributed by atoms with Crippen molar-refractivity contribution >= 4 is 5.69 Å². The van der Waals surface area contributed by atoms with E-state index < -0.39 is 0 Å². The van der Waals surface area contributed by atoms with Crippen molar-refractivity contribution in [1.82, 2.24) is 0 Å². The number of hydrogen-bond donors (Lipinski definition) is 0. The first-order chi connectivity index (χ1) is 8.45. The fourth-order valence-corrected chi connectivity index (χ4v) is 3.51. The molecule has 1 aliphatic heterocycles. The Bertz CT molecular complexity index is 364. The van der Waals surface area contributed by atoms with Crippen molar-refractivity contribution in [3.05, 3.63) is 29.8 Å². The van der Waals surface area contributed by atoms with Crippen LogP contribution in [0.1, 0.15) is 50.5 Å². The zero-order chi connectivity index (χ0) is 11.5. The molecule has 92 valence electrons. The van der Waals surface area contributed by atoms with Gasteiger partial charge in [0, 0.05) is 18.3 Å². The van der Waals surface area contributed by atoms with Crippen LogP contribution in [0.15, 0.2) is 24.3 Å². The van der Waals surface area contributed by atoms with Gasteiger partial charge in [-0.05, 0) is 37.3 Å². The molecule has 1 aromatic rings. The van der Waals surface area contributed by atoms with Crippen LogP contribution in [0, 0.1) is 0 Å². The van der Waals surface area contributed by atoms with Crippen LogP contribution >= 0.6 is 0 Å². The Kier molecular flexibility index (Phi) is 3.35. The summed E-state index contributed by atoms with van der Waals surface area (Å²) in [7, 11) is 0. The van der Waals surface area contributed by atoms with Crippen LogP contribution in [0.2, 0.25) is 0 Å². The first-order valence-electron chi connectivity index (χ1n) is 7.30. The van der Waals surface area contributed by atoms with E-state index in [1.807, 2.05) is 0 Å². The molecule has 1 nitrogen and oxygen atoms in total. The second-order valence-electron chi connectivity index (χ2n) is 5.57. The summed E-state index contributed by atoms with van der Waals surface area (Å²) in [5, 5.41) is 0. The van der Waals surface area contributed by atoms with E-state index in [1.54, 1.807) is 5.56 Å². The molecule has 1 heteroatoms. The fourth-order valence-electron chi connectivity index (χ4n) is 3.51. The number of nitrogens with zero attached hydrogens (tertiary/aromatic N) is 1. The lowest BCUT2D eigenvalue weighted by Crippen LogP contribution is -2.38. The molecule has 0 N–H and O–H groups in total. The summed E-state index contributed by atoms with van der Waals surface area (Å²) in [5.74, 6) is 0. The van der Waals surface area contributed by atoms with Crippen LogP contribution in [0.5, 0.6) is 0 Å². The zero-order valence-electron chi connectivity index (χ0n) is 10.7. The van der Waals surface area contributed by atoms with E-state index in [2.05, 4.69) is 29.2 Å². The molecular weight excluding hydrogens is 206 g/mol. The van der Waals surface area contributed by atoms with Gasteiger partial charge < -0.3 is 4.90 Å². The van der Waals surface area contributed by atoms with Crippen molar-refractivity contribution in [3.63, 3.8) is 0 Å². The Balaban J connectivity index is 1.83. The standard InChI is InChI=1S/C16H23N/c1-2-4-11-15(10-3-1)17-13-7-9-14-8-5-6-12-16(14)17/h5-6,8,12,15H,1-4,7,9-11,13H2. The molecule has 1 saturated carbocycles. The maximum Gasteiger partial charge on any atom is 0.0401 e. The van der Waals surface area contributed by atoms with E-state index in [0.717, 1.165) is 6.04 Å². The Hall–Kier alpha value is -0.980. The summed E-state index contributed by atoms with van der Waals surface area (Å²) >= 11 is 0. The minimum atomic E-state index is 0.818. The molecular formula is C16H23N. The lowest BCUT2D eigenvalue weighted by Gasteiger charge is -2.37. The summed E-state index contributed by atoms with van der Waals surface area (Å²) in [6.07, 6.45) is 11.2. The molecule has 0 aromatic heterocycles.